The Morgan fingerprint density at radius 2 is 2.00 bits per heavy atom. The first-order chi connectivity index (χ1) is 8.59. The van der Waals surface area contributed by atoms with Crippen LogP contribution in [0.1, 0.15) is 30.2 Å². The van der Waals surface area contributed by atoms with Crippen molar-refractivity contribution >= 4 is 5.97 Å². The fraction of sp³-hybridized carbons (Fsp3) is 0.308. The predicted molar refractivity (Wildman–Crippen MR) is 66.4 cm³/mol. The Hall–Kier alpha value is -2.17. The minimum absolute atomic E-state index is 0.583. The molecule has 0 aliphatic carbocycles. The summed E-state index contributed by atoms with van der Waals surface area (Å²) in [5.41, 5.74) is 1.09. The van der Waals surface area contributed by atoms with Crippen LogP contribution in [0.4, 0.5) is 0 Å². The third-order valence-corrected chi connectivity index (χ3v) is 2.89. The van der Waals surface area contributed by atoms with Crippen molar-refractivity contribution in [3.05, 3.63) is 47.5 Å². The van der Waals surface area contributed by atoms with Crippen LogP contribution in [0.25, 0.3) is 0 Å². The van der Waals surface area contributed by atoms with Crippen molar-refractivity contribution in [2.45, 2.75) is 26.3 Å². The molecular weight excluding hydrogens is 230 g/mol. The van der Waals surface area contributed by atoms with Crippen LogP contribution in [0.15, 0.2) is 30.3 Å². The van der Waals surface area contributed by atoms with Gasteiger partial charge in [-0.15, -0.1) is 10.2 Å². The molecule has 1 atom stereocenters. The summed E-state index contributed by atoms with van der Waals surface area (Å²) in [5, 5.41) is 17.1. The van der Waals surface area contributed by atoms with E-state index in [1.54, 1.807) is 18.4 Å². The quantitative estimate of drug-likeness (QED) is 0.892. The van der Waals surface area contributed by atoms with E-state index in [0.29, 0.717) is 18.1 Å². The number of aryl methyl sites for hydroxylation is 1. The molecule has 1 N–H and O–H groups in total. The molecule has 2 rings (SSSR count). The fourth-order valence-electron chi connectivity index (χ4n) is 1.93. The molecule has 0 saturated heterocycles. The van der Waals surface area contributed by atoms with Gasteiger partial charge in [0.25, 0.3) is 0 Å². The van der Waals surface area contributed by atoms with E-state index < -0.39 is 12.0 Å². The smallest absolute Gasteiger partial charge is 0.326 e. The first-order valence-corrected chi connectivity index (χ1v) is 5.76. The lowest BCUT2D eigenvalue weighted by Gasteiger charge is -2.12. The van der Waals surface area contributed by atoms with Crippen LogP contribution >= 0.6 is 0 Å². The number of hydrogen-bond acceptors (Lipinski definition) is 3. The maximum absolute atomic E-state index is 11.1. The topological polar surface area (TPSA) is 68.0 Å². The summed E-state index contributed by atoms with van der Waals surface area (Å²) < 4.78 is 1.66. The number of nitrogens with zero attached hydrogens (tertiary/aromatic N) is 3. The Morgan fingerprint density at radius 3 is 2.61 bits per heavy atom. The van der Waals surface area contributed by atoms with E-state index in [1.807, 2.05) is 30.3 Å². The van der Waals surface area contributed by atoms with Crippen molar-refractivity contribution in [3.8, 4) is 0 Å². The molecule has 0 aliphatic heterocycles. The first-order valence-electron chi connectivity index (χ1n) is 5.76. The highest BCUT2D eigenvalue weighted by molar-refractivity contribution is 5.71. The van der Waals surface area contributed by atoms with Gasteiger partial charge in [-0.05, 0) is 19.4 Å². The van der Waals surface area contributed by atoms with Gasteiger partial charge in [0.15, 0.2) is 0 Å². The molecule has 0 fully saturated rings. The maximum atomic E-state index is 11.1. The molecule has 0 radical (unpaired) electrons. The summed E-state index contributed by atoms with van der Waals surface area (Å²) in [7, 11) is 0. The van der Waals surface area contributed by atoms with E-state index >= 15 is 0 Å². The molecule has 2 aromatic rings. The van der Waals surface area contributed by atoms with Crippen molar-refractivity contribution in [1.29, 1.82) is 0 Å². The molecular formula is C13H15N3O2. The van der Waals surface area contributed by atoms with Gasteiger partial charge >= 0.3 is 5.97 Å². The van der Waals surface area contributed by atoms with Crippen LogP contribution in [0.3, 0.4) is 0 Å². The molecule has 18 heavy (non-hydrogen) atoms. The molecule has 0 spiro atoms. The molecule has 1 aromatic heterocycles. The Kier molecular flexibility index (Phi) is 3.41. The predicted octanol–water partition coefficient (Wildman–Crippen LogP) is 1.82. The summed E-state index contributed by atoms with van der Waals surface area (Å²) in [6.45, 7) is 3.40. The summed E-state index contributed by atoms with van der Waals surface area (Å²) in [4.78, 5) is 11.1. The monoisotopic (exact) mass is 245 g/mol. The fourth-order valence-corrected chi connectivity index (χ4v) is 1.93. The van der Waals surface area contributed by atoms with Gasteiger partial charge in [-0.3, -0.25) is 0 Å². The number of rotatable bonds is 4. The second kappa shape index (κ2) is 5.00. The number of aliphatic carboxylic acids is 1. The molecule has 1 aromatic carbocycles. The Morgan fingerprint density at radius 1 is 1.33 bits per heavy atom. The van der Waals surface area contributed by atoms with Crippen molar-refractivity contribution < 1.29 is 9.90 Å². The van der Waals surface area contributed by atoms with Crippen LogP contribution in [0, 0.1) is 6.92 Å². The van der Waals surface area contributed by atoms with E-state index in [0.717, 1.165) is 5.56 Å². The molecule has 0 aliphatic rings. The van der Waals surface area contributed by atoms with Crippen LogP contribution in [-0.4, -0.2) is 25.8 Å². The summed E-state index contributed by atoms with van der Waals surface area (Å²) in [5.74, 6) is 0.414. The zero-order chi connectivity index (χ0) is 13.1. The normalized spacial score (nSPS) is 12.3. The molecule has 94 valence electrons. The summed E-state index contributed by atoms with van der Waals surface area (Å²) in [6.07, 6.45) is 0.583. The molecule has 5 nitrogen and oxygen atoms in total. The Balaban J connectivity index is 2.32. The Bertz CT molecular complexity index is 549. The Labute approximate surface area is 105 Å². The third kappa shape index (κ3) is 2.40. The maximum Gasteiger partial charge on any atom is 0.326 e. The van der Waals surface area contributed by atoms with Gasteiger partial charge in [0.1, 0.15) is 17.7 Å². The van der Waals surface area contributed by atoms with Crippen LogP contribution in [-0.2, 0) is 11.2 Å². The van der Waals surface area contributed by atoms with E-state index in [4.69, 9.17) is 5.11 Å². The molecule has 5 heteroatoms. The standard InChI is InChI=1S/C13H15N3O2/c1-9(13(17)18)16-10(2)14-15-12(16)8-11-6-4-3-5-7-11/h3-7,9H,8H2,1-2H3,(H,17,18). The highest BCUT2D eigenvalue weighted by Crippen LogP contribution is 2.15. The summed E-state index contributed by atoms with van der Waals surface area (Å²) in [6, 6.07) is 9.16. The minimum Gasteiger partial charge on any atom is -0.480 e. The zero-order valence-corrected chi connectivity index (χ0v) is 10.4. The minimum atomic E-state index is -0.882. The second-order valence-corrected chi connectivity index (χ2v) is 4.21. The van der Waals surface area contributed by atoms with Crippen molar-refractivity contribution in [1.82, 2.24) is 14.8 Å². The van der Waals surface area contributed by atoms with E-state index in [9.17, 15) is 4.79 Å². The SMILES string of the molecule is Cc1nnc(Cc2ccccc2)n1C(C)C(=O)O. The first kappa shape index (κ1) is 12.3. The van der Waals surface area contributed by atoms with E-state index in [-0.39, 0.29) is 0 Å². The number of aromatic nitrogens is 3. The zero-order valence-electron chi connectivity index (χ0n) is 10.4. The number of hydrogen-bond donors (Lipinski definition) is 1. The van der Waals surface area contributed by atoms with Gasteiger partial charge in [0.2, 0.25) is 0 Å². The van der Waals surface area contributed by atoms with Gasteiger partial charge in [-0.1, -0.05) is 30.3 Å². The lowest BCUT2D eigenvalue weighted by molar-refractivity contribution is -0.140. The highest BCUT2D eigenvalue weighted by Gasteiger charge is 2.20. The van der Waals surface area contributed by atoms with Gasteiger partial charge < -0.3 is 9.67 Å². The number of carbonyl (C=O) groups is 1. The average Bonchev–Trinajstić information content (AvgIpc) is 2.71. The molecule has 0 bridgehead atoms. The van der Waals surface area contributed by atoms with Gasteiger partial charge in [0, 0.05) is 6.42 Å². The number of carboxylic acids is 1. The second-order valence-electron chi connectivity index (χ2n) is 4.21. The van der Waals surface area contributed by atoms with E-state index in [2.05, 4.69) is 10.2 Å². The third-order valence-electron chi connectivity index (χ3n) is 2.89. The largest absolute Gasteiger partial charge is 0.480 e. The number of carboxylic acid groups (broad SMARTS) is 1. The van der Waals surface area contributed by atoms with Gasteiger partial charge in [-0.25, -0.2) is 4.79 Å². The van der Waals surface area contributed by atoms with E-state index in [1.165, 1.54) is 0 Å². The van der Waals surface area contributed by atoms with Crippen LogP contribution in [0.2, 0.25) is 0 Å². The highest BCUT2D eigenvalue weighted by atomic mass is 16.4. The average molecular weight is 245 g/mol. The van der Waals surface area contributed by atoms with Crippen molar-refractivity contribution in [2.75, 3.05) is 0 Å². The van der Waals surface area contributed by atoms with Crippen molar-refractivity contribution in [3.63, 3.8) is 0 Å². The summed E-state index contributed by atoms with van der Waals surface area (Å²) >= 11 is 0. The van der Waals surface area contributed by atoms with Gasteiger partial charge in [0.05, 0.1) is 0 Å². The van der Waals surface area contributed by atoms with Crippen LogP contribution < -0.4 is 0 Å². The van der Waals surface area contributed by atoms with Gasteiger partial charge in [-0.2, -0.15) is 0 Å². The molecule has 0 saturated carbocycles. The molecule has 0 amide bonds. The number of benzene rings is 1. The van der Waals surface area contributed by atoms with Crippen LogP contribution in [0.5, 0.6) is 0 Å². The van der Waals surface area contributed by atoms with Crippen molar-refractivity contribution in [2.24, 2.45) is 0 Å². The lowest BCUT2D eigenvalue weighted by Crippen LogP contribution is -2.19. The molecule has 1 heterocycles. The molecule has 1 unspecified atom stereocenters. The lowest BCUT2D eigenvalue weighted by atomic mass is 10.1.